The van der Waals surface area contributed by atoms with Gasteiger partial charge in [0.2, 0.25) is 15.9 Å². The maximum atomic E-state index is 12.7. The van der Waals surface area contributed by atoms with Crippen molar-refractivity contribution in [1.82, 2.24) is 19.4 Å². The maximum absolute atomic E-state index is 12.7. The van der Waals surface area contributed by atoms with E-state index in [1.807, 2.05) is 6.20 Å². The molecule has 0 radical (unpaired) electrons. The molecule has 0 saturated carbocycles. The van der Waals surface area contributed by atoms with Crippen molar-refractivity contribution in [3.05, 3.63) is 41.7 Å². The topological polar surface area (TPSA) is 93.5 Å². The molecule has 0 spiro atoms. The molecule has 8 nitrogen and oxygen atoms in total. The van der Waals surface area contributed by atoms with Crippen molar-refractivity contribution < 1.29 is 17.9 Å². The third-order valence-electron chi connectivity index (χ3n) is 4.60. The molecular weight excluding hydrogens is 368 g/mol. The van der Waals surface area contributed by atoms with Crippen molar-refractivity contribution in [3.63, 3.8) is 0 Å². The lowest BCUT2D eigenvalue weighted by Gasteiger charge is -2.22. The summed E-state index contributed by atoms with van der Waals surface area (Å²) in [4.78, 5) is 13.6. The minimum Gasteiger partial charge on any atom is -0.497 e. The van der Waals surface area contributed by atoms with Gasteiger partial charge >= 0.3 is 0 Å². The van der Waals surface area contributed by atoms with Gasteiger partial charge in [0, 0.05) is 20.3 Å². The van der Waals surface area contributed by atoms with Crippen LogP contribution >= 0.6 is 0 Å². The first-order chi connectivity index (χ1) is 12.8. The van der Waals surface area contributed by atoms with Crippen molar-refractivity contribution in [3.8, 4) is 5.75 Å². The van der Waals surface area contributed by atoms with Crippen LogP contribution in [-0.2, 0) is 27.8 Å². The molecule has 1 N–H and O–H groups in total. The molecule has 1 aromatic heterocycles. The maximum Gasteiger partial charge on any atom is 0.243 e. The van der Waals surface area contributed by atoms with Crippen LogP contribution in [0.15, 0.2) is 35.4 Å². The number of hydrogen-bond acceptors (Lipinski definition) is 5. The van der Waals surface area contributed by atoms with Crippen LogP contribution < -0.4 is 9.46 Å². The number of carbonyl (C=O) groups is 1. The SMILES string of the molecule is COc1ccc(S(=O)(=O)NC2CCCc3cn(CC(=O)N(C)C)nc32)cc1. The largest absolute Gasteiger partial charge is 0.497 e. The zero-order valence-electron chi connectivity index (χ0n) is 15.7. The van der Waals surface area contributed by atoms with Crippen molar-refractivity contribution in [2.75, 3.05) is 21.2 Å². The Labute approximate surface area is 159 Å². The Morgan fingerprint density at radius 3 is 2.67 bits per heavy atom. The Morgan fingerprint density at radius 1 is 1.33 bits per heavy atom. The number of hydrogen-bond donors (Lipinski definition) is 1. The molecule has 1 atom stereocenters. The molecule has 1 aromatic carbocycles. The van der Waals surface area contributed by atoms with Gasteiger partial charge in [0.15, 0.2) is 0 Å². The van der Waals surface area contributed by atoms with Gasteiger partial charge in [0.25, 0.3) is 0 Å². The Morgan fingerprint density at radius 2 is 2.04 bits per heavy atom. The van der Waals surface area contributed by atoms with Crippen molar-refractivity contribution >= 4 is 15.9 Å². The van der Waals surface area contributed by atoms with Gasteiger partial charge in [-0.25, -0.2) is 13.1 Å². The molecule has 1 heterocycles. The van der Waals surface area contributed by atoms with Gasteiger partial charge in [0.1, 0.15) is 12.3 Å². The van der Waals surface area contributed by atoms with E-state index in [0.717, 1.165) is 18.4 Å². The predicted molar refractivity (Wildman–Crippen MR) is 99.9 cm³/mol. The summed E-state index contributed by atoms with van der Waals surface area (Å²) >= 11 is 0. The third kappa shape index (κ3) is 4.30. The van der Waals surface area contributed by atoms with E-state index in [0.29, 0.717) is 17.9 Å². The van der Waals surface area contributed by atoms with E-state index in [2.05, 4.69) is 9.82 Å². The molecule has 1 aliphatic rings. The first kappa shape index (κ1) is 19.4. The summed E-state index contributed by atoms with van der Waals surface area (Å²) in [7, 11) is 1.23. The molecule has 1 amide bonds. The highest BCUT2D eigenvalue weighted by molar-refractivity contribution is 7.89. The molecule has 27 heavy (non-hydrogen) atoms. The number of amides is 1. The Balaban J connectivity index is 1.80. The summed E-state index contributed by atoms with van der Waals surface area (Å²) in [5.41, 5.74) is 1.68. The zero-order chi connectivity index (χ0) is 19.6. The van der Waals surface area contributed by atoms with Crippen molar-refractivity contribution in [2.24, 2.45) is 0 Å². The van der Waals surface area contributed by atoms with Gasteiger partial charge in [-0.15, -0.1) is 0 Å². The van der Waals surface area contributed by atoms with Crippen LogP contribution in [0, 0.1) is 0 Å². The lowest BCUT2D eigenvalue weighted by molar-refractivity contribution is -0.129. The number of rotatable bonds is 6. The van der Waals surface area contributed by atoms with Gasteiger partial charge in [-0.05, 0) is 49.1 Å². The second-order valence-electron chi connectivity index (χ2n) is 6.77. The lowest BCUT2D eigenvalue weighted by Crippen LogP contribution is -2.31. The summed E-state index contributed by atoms with van der Waals surface area (Å²) in [5, 5.41) is 4.48. The second kappa shape index (κ2) is 7.69. The Hall–Kier alpha value is -2.39. The van der Waals surface area contributed by atoms with Crippen LogP contribution in [0.5, 0.6) is 5.75 Å². The number of fused-ring (bicyclic) bond motifs is 1. The average Bonchev–Trinajstić information content (AvgIpc) is 3.05. The van der Waals surface area contributed by atoms with Crippen molar-refractivity contribution in [2.45, 2.75) is 36.7 Å². The number of sulfonamides is 1. The van der Waals surface area contributed by atoms with Crippen LogP contribution in [0.2, 0.25) is 0 Å². The quantitative estimate of drug-likeness (QED) is 0.801. The normalized spacial score (nSPS) is 16.6. The van der Waals surface area contributed by atoms with E-state index in [9.17, 15) is 13.2 Å². The first-order valence-corrected chi connectivity index (χ1v) is 10.2. The lowest BCUT2D eigenvalue weighted by atomic mass is 9.94. The average molecular weight is 392 g/mol. The highest BCUT2D eigenvalue weighted by atomic mass is 32.2. The molecule has 0 saturated heterocycles. The van der Waals surface area contributed by atoms with E-state index >= 15 is 0 Å². The Bertz CT molecular complexity index is 919. The van der Waals surface area contributed by atoms with E-state index in [1.54, 1.807) is 30.9 Å². The van der Waals surface area contributed by atoms with Gasteiger partial charge in [-0.1, -0.05) is 0 Å². The fourth-order valence-electron chi connectivity index (χ4n) is 3.08. The monoisotopic (exact) mass is 392 g/mol. The summed E-state index contributed by atoms with van der Waals surface area (Å²) < 4.78 is 34.9. The van der Waals surface area contributed by atoms with E-state index in [4.69, 9.17) is 4.74 Å². The molecule has 0 aliphatic heterocycles. The number of benzene rings is 1. The Kier molecular flexibility index (Phi) is 5.52. The fraction of sp³-hybridized carbons (Fsp3) is 0.444. The molecule has 2 aromatic rings. The first-order valence-electron chi connectivity index (χ1n) is 8.73. The molecule has 3 rings (SSSR count). The molecule has 0 fully saturated rings. The van der Waals surface area contributed by atoms with E-state index in [-0.39, 0.29) is 17.3 Å². The number of likely N-dealkylation sites (N-methyl/N-ethyl adjacent to an activating group) is 1. The highest BCUT2D eigenvalue weighted by Gasteiger charge is 2.29. The van der Waals surface area contributed by atoms with Crippen LogP contribution in [0.3, 0.4) is 0 Å². The number of carbonyl (C=O) groups excluding carboxylic acids is 1. The summed E-state index contributed by atoms with van der Waals surface area (Å²) in [6, 6.07) is 5.85. The molecule has 9 heteroatoms. The number of nitrogens with one attached hydrogen (secondary N) is 1. The number of nitrogens with zero attached hydrogens (tertiary/aromatic N) is 3. The van der Waals surface area contributed by atoms with E-state index < -0.39 is 16.1 Å². The van der Waals surface area contributed by atoms with Gasteiger partial charge < -0.3 is 9.64 Å². The standard InChI is InChI=1S/C18H24N4O4S/c1-21(2)17(23)12-22-11-13-5-4-6-16(18(13)19-22)20-27(24,25)15-9-7-14(26-3)8-10-15/h7-11,16,20H,4-6,12H2,1-3H3. The predicted octanol–water partition coefficient (Wildman–Crippen LogP) is 1.34. The molecule has 146 valence electrons. The minimum absolute atomic E-state index is 0.0646. The van der Waals surface area contributed by atoms with Crippen LogP contribution in [-0.4, -0.2) is 50.2 Å². The summed E-state index contributed by atoms with van der Waals surface area (Å²) in [6.07, 6.45) is 4.19. The molecule has 0 bridgehead atoms. The van der Waals surface area contributed by atoms with Gasteiger partial charge in [-0.3, -0.25) is 9.48 Å². The summed E-state index contributed by atoms with van der Waals surface area (Å²) in [5.74, 6) is 0.531. The number of ether oxygens (including phenoxy) is 1. The van der Waals surface area contributed by atoms with Gasteiger partial charge in [-0.2, -0.15) is 5.10 Å². The smallest absolute Gasteiger partial charge is 0.243 e. The third-order valence-corrected chi connectivity index (χ3v) is 6.09. The number of aryl methyl sites for hydroxylation is 1. The number of methoxy groups -OCH3 is 1. The van der Waals surface area contributed by atoms with Gasteiger partial charge in [0.05, 0.1) is 23.7 Å². The highest BCUT2D eigenvalue weighted by Crippen LogP contribution is 2.30. The second-order valence-corrected chi connectivity index (χ2v) is 8.48. The van der Waals surface area contributed by atoms with Crippen molar-refractivity contribution in [1.29, 1.82) is 0 Å². The van der Waals surface area contributed by atoms with Crippen LogP contribution in [0.25, 0.3) is 0 Å². The van der Waals surface area contributed by atoms with E-state index in [1.165, 1.54) is 24.1 Å². The molecular formula is C18H24N4O4S. The fourth-order valence-corrected chi connectivity index (χ4v) is 4.32. The van der Waals surface area contributed by atoms with Crippen LogP contribution in [0.4, 0.5) is 0 Å². The molecule has 1 aliphatic carbocycles. The zero-order valence-corrected chi connectivity index (χ0v) is 16.5. The summed E-state index contributed by atoms with van der Waals surface area (Å²) in [6.45, 7) is 0.137. The molecule has 1 unspecified atom stereocenters. The number of aromatic nitrogens is 2. The van der Waals surface area contributed by atoms with Crippen LogP contribution in [0.1, 0.15) is 30.1 Å². The minimum atomic E-state index is -3.68.